The van der Waals surface area contributed by atoms with E-state index in [0.29, 0.717) is 18.0 Å². The number of amides is 1. The molecule has 0 aliphatic rings. The predicted octanol–water partition coefficient (Wildman–Crippen LogP) is 2.15. The lowest BCUT2D eigenvalue weighted by Gasteiger charge is -2.09. The largest absolute Gasteiger partial charge is 0.352 e. The molecule has 0 aliphatic heterocycles. The van der Waals surface area contributed by atoms with Crippen LogP contribution in [0.2, 0.25) is 0 Å². The molecule has 0 saturated carbocycles. The van der Waals surface area contributed by atoms with Gasteiger partial charge in [0.05, 0.1) is 5.56 Å². The smallest absolute Gasteiger partial charge is 0.252 e. The monoisotopic (exact) mass is 270 g/mol. The lowest BCUT2D eigenvalue weighted by molar-refractivity contribution is 0.0949. The fourth-order valence-corrected chi connectivity index (χ4v) is 1.33. The number of alkyl halides is 1. The normalized spacial score (nSPS) is 12.2. The van der Waals surface area contributed by atoms with E-state index < -0.39 is 0 Å². The van der Waals surface area contributed by atoms with Crippen molar-refractivity contribution in [1.29, 1.82) is 0 Å². The number of nitrogens with zero attached hydrogens (tertiary/aromatic N) is 1. The van der Waals surface area contributed by atoms with Gasteiger partial charge in [-0.1, -0.05) is 22.9 Å². The Morgan fingerprint density at radius 2 is 2.33 bits per heavy atom. The third-order valence-electron chi connectivity index (χ3n) is 2.01. The second-order valence-corrected chi connectivity index (χ2v) is 4.37. The number of hydrogen-bond donors (Lipinski definition) is 1. The summed E-state index contributed by atoms with van der Waals surface area (Å²) in [6.07, 6.45) is 3.32. The van der Waals surface area contributed by atoms with Gasteiger partial charge in [0.25, 0.3) is 5.91 Å². The minimum absolute atomic E-state index is 0.0565. The Morgan fingerprint density at radius 1 is 1.60 bits per heavy atom. The Labute approximate surface area is 98.4 Å². The first-order chi connectivity index (χ1) is 7.13. The second kappa shape index (κ2) is 5.85. The third-order valence-corrected chi connectivity index (χ3v) is 3.12. The van der Waals surface area contributed by atoms with Gasteiger partial charge in [-0.2, -0.15) is 0 Å². The molecular weight excluding hydrogens is 256 g/mol. The van der Waals surface area contributed by atoms with E-state index in [4.69, 9.17) is 0 Å². The molecule has 4 heteroatoms. The number of rotatable bonds is 4. The van der Waals surface area contributed by atoms with Gasteiger partial charge in [-0.15, -0.1) is 0 Å². The molecule has 1 N–H and O–H groups in total. The minimum Gasteiger partial charge on any atom is -0.352 e. The molecule has 0 bridgehead atoms. The molecule has 82 valence electrons. The van der Waals surface area contributed by atoms with Gasteiger partial charge in [-0.25, -0.2) is 0 Å². The van der Waals surface area contributed by atoms with Crippen LogP contribution in [0.1, 0.15) is 22.8 Å². The summed E-state index contributed by atoms with van der Waals surface area (Å²) < 4.78 is 0. The van der Waals surface area contributed by atoms with Crippen molar-refractivity contribution in [3.8, 4) is 0 Å². The summed E-state index contributed by atoms with van der Waals surface area (Å²) in [6.45, 7) is 4.67. The molecular formula is C11H15BrN2O. The molecule has 1 amide bonds. The Balaban J connectivity index is 2.54. The van der Waals surface area contributed by atoms with Crippen molar-refractivity contribution < 1.29 is 4.79 Å². The van der Waals surface area contributed by atoms with Crippen molar-refractivity contribution >= 4 is 21.8 Å². The van der Waals surface area contributed by atoms with E-state index in [2.05, 4.69) is 33.2 Å². The highest BCUT2D eigenvalue weighted by Crippen LogP contribution is 2.02. The zero-order chi connectivity index (χ0) is 11.3. The third kappa shape index (κ3) is 4.00. The number of pyridine rings is 1. The standard InChI is InChI=1S/C11H15BrN2O/c1-8-3-10(7-13-5-8)11(15)14-6-9(2)4-12/h3,5,7,9H,4,6H2,1-2H3,(H,14,15). The van der Waals surface area contributed by atoms with Crippen LogP contribution in [0.25, 0.3) is 0 Å². The summed E-state index contributed by atoms with van der Waals surface area (Å²) in [5.74, 6) is 0.380. The fraction of sp³-hybridized carbons (Fsp3) is 0.455. The number of aromatic nitrogens is 1. The zero-order valence-corrected chi connectivity index (χ0v) is 10.5. The Kier molecular flexibility index (Phi) is 4.75. The summed E-state index contributed by atoms with van der Waals surface area (Å²) in [5, 5.41) is 3.76. The molecule has 15 heavy (non-hydrogen) atoms. The highest BCUT2D eigenvalue weighted by molar-refractivity contribution is 9.09. The predicted molar refractivity (Wildman–Crippen MR) is 64.3 cm³/mol. The van der Waals surface area contributed by atoms with Crippen molar-refractivity contribution in [2.75, 3.05) is 11.9 Å². The van der Waals surface area contributed by atoms with Crippen LogP contribution < -0.4 is 5.32 Å². The Bertz CT molecular complexity index is 341. The van der Waals surface area contributed by atoms with Gasteiger partial charge < -0.3 is 5.32 Å². The number of carbonyl (C=O) groups is 1. The summed E-state index contributed by atoms with van der Waals surface area (Å²) >= 11 is 3.37. The first kappa shape index (κ1) is 12.2. The van der Waals surface area contributed by atoms with Crippen LogP contribution in [0.5, 0.6) is 0 Å². The van der Waals surface area contributed by atoms with Gasteiger partial charge in [0, 0.05) is 24.3 Å². The summed E-state index contributed by atoms with van der Waals surface area (Å²) in [7, 11) is 0. The van der Waals surface area contributed by atoms with Crippen LogP contribution in [0.15, 0.2) is 18.5 Å². The van der Waals surface area contributed by atoms with Crippen molar-refractivity contribution in [1.82, 2.24) is 10.3 Å². The molecule has 0 aliphatic carbocycles. The molecule has 3 nitrogen and oxygen atoms in total. The molecule has 1 heterocycles. The Hall–Kier alpha value is -0.900. The first-order valence-corrected chi connectivity index (χ1v) is 6.01. The molecule has 0 radical (unpaired) electrons. The highest BCUT2D eigenvalue weighted by atomic mass is 79.9. The van der Waals surface area contributed by atoms with E-state index in [0.717, 1.165) is 10.9 Å². The van der Waals surface area contributed by atoms with Gasteiger partial charge in [0.1, 0.15) is 0 Å². The highest BCUT2D eigenvalue weighted by Gasteiger charge is 2.07. The minimum atomic E-state index is -0.0565. The molecule has 0 aromatic carbocycles. The average Bonchev–Trinajstić information content (AvgIpc) is 2.25. The molecule has 0 saturated heterocycles. The van der Waals surface area contributed by atoms with Gasteiger partial charge >= 0.3 is 0 Å². The topological polar surface area (TPSA) is 42.0 Å². The van der Waals surface area contributed by atoms with E-state index in [1.54, 1.807) is 12.4 Å². The van der Waals surface area contributed by atoms with E-state index in [9.17, 15) is 4.79 Å². The van der Waals surface area contributed by atoms with Crippen molar-refractivity contribution in [2.45, 2.75) is 13.8 Å². The average molecular weight is 271 g/mol. The molecule has 1 aromatic rings. The number of aryl methyl sites for hydroxylation is 1. The number of nitrogens with one attached hydrogen (secondary N) is 1. The van der Waals surface area contributed by atoms with E-state index >= 15 is 0 Å². The number of hydrogen-bond acceptors (Lipinski definition) is 2. The van der Waals surface area contributed by atoms with Crippen molar-refractivity contribution in [2.24, 2.45) is 5.92 Å². The quantitative estimate of drug-likeness (QED) is 0.852. The molecule has 1 aromatic heterocycles. The summed E-state index contributed by atoms with van der Waals surface area (Å²) in [6, 6.07) is 1.83. The second-order valence-electron chi connectivity index (χ2n) is 3.72. The van der Waals surface area contributed by atoms with Crippen LogP contribution in [0, 0.1) is 12.8 Å². The maximum absolute atomic E-state index is 11.7. The first-order valence-electron chi connectivity index (χ1n) is 4.89. The maximum Gasteiger partial charge on any atom is 0.252 e. The van der Waals surface area contributed by atoms with E-state index in [1.807, 2.05) is 13.0 Å². The molecule has 1 atom stereocenters. The maximum atomic E-state index is 11.7. The van der Waals surface area contributed by atoms with Gasteiger partial charge in [0.2, 0.25) is 0 Å². The molecule has 0 fully saturated rings. The van der Waals surface area contributed by atoms with Crippen LogP contribution in [-0.4, -0.2) is 22.8 Å². The van der Waals surface area contributed by atoms with E-state index in [-0.39, 0.29) is 5.91 Å². The number of halogens is 1. The number of carbonyl (C=O) groups excluding carboxylic acids is 1. The lowest BCUT2D eigenvalue weighted by Crippen LogP contribution is -2.28. The molecule has 1 unspecified atom stereocenters. The SMILES string of the molecule is Cc1cncc(C(=O)NCC(C)CBr)c1. The fourth-order valence-electron chi connectivity index (χ4n) is 1.10. The van der Waals surface area contributed by atoms with Crippen molar-refractivity contribution in [3.63, 3.8) is 0 Å². The van der Waals surface area contributed by atoms with Gasteiger partial charge in [0.15, 0.2) is 0 Å². The van der Waals surface area contributed by atoms with Gasteiger partial charge in [-0.05, 0) is 24.5 Å². The van der Waals surface area contributed by atoms with Crippen LogP contribution in [0.3, 0.4) is 0 Å². The van der Waals surface area contributed by atoms with Crippen LogP contribution in [0.4, 0.5) is 0 Å². The zero-order valence-electron chi connectivity index (χ0n) is 8.96. The van der Waals surface area contributed by atoms with Gasteiger partial charge in [-0.3, -0.25) is 9.78 Å². The summed E-state index contributed by atoms with van der Waals surface area (Å²) in [5.41, 5.74) is 1.62. The molecule has 0 spiro atoms. The van der Waals surface area contributed by atoms with Crippen molar-refractivity contribution in [3.05, 3.63) is 29.6 Å². The van der Waals surface area contributed by atoms with E-state index in [1.165, 1.54) is 0 Å². The lowest BCUT2D eigenvalue weighted by atomic mass is 10.2. The summed E-state index contributed by atoms with van der Waals surface area (Å²) in [4.78, 5) is 15.6. The Morgan fingerprint density at radius 3 is 2.93 bits per heavy atom. The van der Waals surface area contributed by atoms with Crippen LogP contribution >= 0.6 is 15.9 Å². The molecule has 1 rings (SSSR count). The van der Waals surface area contributed by atoms with Crippen LogP contribution in [-0.2, 0) is 0 Å².